The molecule has 3 fully saturated rings. The number of amides is 1. The van der Waals surface area contributed by atoms with Gasteiger partial charge in [0.05, 0.1) is 20.3 Å². The molecule has 5 nitrogen and oxygen atoms in total. The minimum Gasteiger partial charge on any atom is -0.493 e. The molecule has 0 N–H and O–H groups in total. The molecule has 31 heavy (non-hydrogen) atoms. The quantitative estimate of drug-likeness (QED) is 0.669. The van der Waals surface area contributed by atoms with Crippen molar-refractivity contribution in [3.05, 3.63) is 35.4 Å². The Kier molecular flexibility index (Phi) is 5.96. The molecule has 0 radical (unpaired) electrons. The van der Waals surface area contributed by atoms with E-state index in [9.17, 15) is 4.79 Å². The molecule has 3 heterocycles. The highest BCUT2D eigenvalue weighted by atomic mass is 16.5. The normalized spacial score (nSPS) is 30.1. The predicted octanol–water partition coefficient (Wildman–Crippen LogP) is 4.06. The van der Waals surface area contributed by atoms with E-state index < -0.39 is 0 Å². The highest BCUT2D eigenvalue weighted by Gasteiger charge is 2.46. The van der Waals surface area contributed by atoms with Crippen molar-refractivity contribution in [1.29, 1.82) is 0 Å². The number of carbonyl (C=O) groups excluding carboxylic acids is 1. The Morgan fingerprint density at radius 3 is 2.81 bits per heavy atom. The maximum atomic E-state index is 13.4. The van der Waals surface area contributed by atoms with Crippen molar-refractivity contribution in [2.24, 2.45) is 11.8 Å². The van der Waals surface area contributed by atoms with Crippen molar-refractivity contribution in [1.82, 2.24) is 9.80 Å². The number of hydrogen-bond donors (Lipinski definition) is 0. The molecule has 0 spiro atoms. The number of aryl methyl sites for hydroxylation is 1. The number of piperidine rings is 3. The van der Waals surface area contributed by atoms with Gasteiger partial charge in [-0.25, -0.2) is 0 Å². The zero-order chi connectivity index (χ0) is 21.4. The first-order valence-corrected chi connectivity index (χ1v) is 12.1. The van der Waals surface area contributed by atoms with Gasteiger partial charge in [-0.05, 0) is 74.6 Å². The average Bonchev–Trinajstić information content (AvgIpc) is 2.82. The summed E-state index contributed by atoms with van der Waals surface area (Å²) in [5.41, 5.74) is 2.69. The number of ether oxygens (including phenoxy) is 2. The van der Waals surface area contributed by atoms with Gasteiger partial charge < -0.3 is 14.4 Å². The predicted molar refractivity (Wildman–Crippen MR) is 121 cm³/mol. The molecule has 5 rings (SSSR count). The van der Waals surface area contributed by atoms with Gasteiger partial charge in [0.25, 0.3) is 0 Å². The smallest absolute Gasteiger partial charge is 0.223 e. The van der Waals surface area contributed by atoms with E-state index >= 15 is 0 Å². The Bertz CT molecular complexity index is 851. The van der Waals surface area contributed by atoms with Crippen molar-refractivity contribution < 1.29 is 14.3 Å². The zero-order valence-corrected chi connectivity index (χ0v) is 19.0. The summed E-state index contributed by atoms with van der Waals surface area (Å²) in [6, 6.07) is 7.06. The number of methoxy groups -OCH3 is 2. The van der Waals surface area contributed by atoms with Gasteiger partial charge >= 0.3 is 0 Å². The Morgan fingerprint density at radius 2 is 1.97 bits per heavy atom. The van der Waals surface area contributed by atoms with Gasteiger partial charge in [0.15, 0.2) is 11.5 Å². The number of nitrogens with zero attached hydrogens (tertiary/aromatic N) is 2. The summed E-state index contributed by atoms with van der Waals surface area (Å²) < 4.78 is 10.8. The highest BCUT2D eigenvalue weighted by Crippen LogP contribution is 2.45. The molecule has 0 aromatic heterocycles. The summed E-state index contributed by atoms with van der Waals surface area (Å²) in [4.78, 5) is 18.4. The fourth-order valence-corrected chi connectivity index (χ4v) is 6.68. The third kappa shape index (κ3) is 3.97. The van der Waals surface area contributed by atoms with E-state index in [-0.39, 0.29) is 0 Å². The van der Waals surface area contributed by atoms with Crippen molar-refractivity contribution in [2.75, 3.05) is 33.9 Å². The van der Waals surface area contributed by atoms with E-state index in [4.69, 9.17) is 9.47 Å². The summed E-state index contributed by atoms with van der Waals surface area (Å²) in [5.74, 6) is 3.10. The van der Waals surface area contributed by atoms with Crippen LogP contribution in [0.5, 0.6) is 11.5 Å². The number of benzene rings is 1. The third-order valence-corrected chi connectivity index (χ3v) is 8.05. The van der Waals surface area contributed by atoms with Crippen molar-refractivity contribution >= 4 is 5.91 Å². The van der Waals surface area contributed by atoms with Gasteiger partial charge in [-0.1, -0.05) is 24.1 Å². The number of likely N-dealkylation sites (tertiary alicyclic amines) is 1. The summed E-state index contributed by atoms with van der Waals surface area (Å²) in [7, 11) is 3.30. The van der Waals surface area contributed by atoms with E-state index in [0.717, 1.165) is 42.5 Å². The lowest BCUT2D eigenvalue weighted by Gasteiger charge is -2.54. The fourth-order valence-electron chi connectivity index (χ4n) is 6.68. The van der Waals surface area contributed by atoms with Crippen LogP contribution >= 0.6 is 0 Å². The maximum Gasteiger partial charge on any atom is 0.223 e. The number of rotatable bonds is 5. The first-order chi connectivity index (χ1) is 15.2. The number of fused-ring (bicyclic) bond motifs is 6. The lowest BCUT2D eigenvalue weighted by Crippen LogP contribution is -2.60. The molecule has 0 saturated carbocycles. The van der Waals surface area contributed by atoms with Gasteiger partial charge in [0, 0.05) is 25.6 Å². The van der Waals surface area contributed by atoms with Crippen LogP contribution < -0.4 is 9.47 Å². The summed E-state index contributed by atoms with van der Waals surface area (Å²) in [6.45, 7) is 3.35. The van der Waals surface area contributed by atoms with Crippen molar-refractivity contribution in [2.45, 2.75) is 63.5 Å². The second-order valence-corrected chi connectivity index (χ2v) is 9.78. The van der Waals surface area contributed by atoms with Crippen LogP contribution in [0.2, 0.25) is 0 Å². The van der Waals surface area contributed by atoms with Crippen LogP contribution in [0.25, 0.3) is 0 Å². The first-order valence-electron chi connectivity index (χ1n) is 12.1. The second kappa shape index (κ2) is 8.85. The van der Waals surface area contributed by atoms with E-state index in [1.54, 1.807) is 19.8 Å². The summed E-state index contributed by atoms with van der Waals surface area (Å²) >= 11 is 0. The molecule has 1 amide bonds. The Labute approximate surface area is 186 Å². The van der Waals surface area contributed by atoms with Crippen LogP contribution in [0.15, 0.2) is 29.8 Å². The second-order valence-electron chi connectivity index (χ2n) is 9.78. The number of carbonyl (C=O) groups is 1. The standard InChI is InChI=1S/C26H36N2O3/c1-30-23-10-8-18(14-24(23)31-2)9-11-25(29)28-13-5-6-19-15-20-16-21(26(19)28)17-27-12-4-3-7-22(20)27/h8,10,14-15,20-22,26H,3-7,9,11-13,16-17H2,1-2H3/t20-,21-,22-,26+/m0/s1. The van der Waals surface area contributed by atoms with Crippen LogP contribution in [0.4, 0.5) is 0 Å². The topological polar surface area (TPSA) is 42.0 Å². The average molecular weight is 425 g/mol. The minimum absolute atomic E-state index is 0.310. The molecule has 1 aliphatic carbocycles. The molecule has 2 bridgehead atoms. The van der Waals surface area contributed by atoms with Gasteiger partial charge in [-0.2, -0.15) is 0 Å². The van der Waals surface area contributed by atoms with Crippen LogP contribution in [0.3, 0.4) is 0 Å². The molecule has 1 aromatic rings. The van der Waals surface area contributed by atoms with Crippen LogP contribution in [-0.2, 0) is 11.2 Å². The van der Waals surface area contributed by atoms with Gasteiger partial charge in [-0.15, -0.1) is 0 Å². The van der Waals surface area contributed by atoms with Gasteiger partial charge in [-0.3, -0.25) is 9.69 Å². The molecular weight excluding hydrogens is 388 g/mol. The van der Waals surface area contributed by atoms with Crippen LogP contribution in [0.1, 0.15) is 50.5 Å². The summed E-state index contributed by atoms with van der Waals surface area (Å²) in [6.07, 6.45) is 11.5. The molecule has 4 atom stereocenters. The fraction of sp³-hybridized carbons (Fsp3) is 0.654. The largest absolute Gasteiger partial charge is 0.493 e. The maximum absolute atomic E-state index is 13.4. The third-order valence-electron chi connectivity index (χ3n) is 8.05. The van der Waals surface area contributed by atoms with Crippen LogP contribution in [-0.4, -0.2) is 61.6 Å². The zero-order valence-electron chi connectivity index (χ0n) is 19.0. The Hall–Kier alpha value is -2.01. The van der Waals surface area contributed by atoms with Gasteiger partial charge in [0.2, 0.25) is 5.91 Å². The monoisotopic (exact) mass is 424 g/mol. The molecule has 1 aromatic carbocycles. The lowest BCUT2D eigenvalue weighted by molar-refractivity contribution is -0.136. The van der Waals surface area contributed by atoms with Crippen molar-refractivity contribution in [3.63, 3.8) is 0 Å². The highest BCUT2D eigenvalue weighted by molar-refractivity contribution is 5.77. The Morgan fingerprint density at radius 1 is 1.10 bits per heavy atom. The van der Waals surface area contributed by atoms with Crippen molar-refractivity contribution in [3.8, 4) is 11.5 Å². The van der Waals surface area contributed by atoms with Crippen LogP contribution in [0, 0.1) is 11.8 Å². The molecular formula is C26H36N2O3. The lowest BCUT2D eigenvalue weighted by atomic mass is 9.68. The van der Waals surface area contributed by atoms with Gasteiger partial charge in [0.1, 0.15) is 0 Å². The minimum atomic E-state index is 0.310. The van der Waals surface area contributed by atoms with E-state index in [0.29, 0.717) is 30.2 Å². The molecule has 168 valence electrons. The first kappa shape index (κ1) is 20.9. The molecule has 0 unspecified atom stereocenters. The van der Waals surface area contributed by atoms with E-state index in [1.807, 2.05) is 18.2 Å². The summed E-state index contributed by atoms with van der Waals surface area (Å²) in [5, 5.41) is 0. The Balaban J connectivity index is 1.29. The van der Waals surface area contributed by atoms with E-state index in [2.05, 4.69) is 15.9 Å². The molecule has 4 aliphatic rings. The molecule has 3 saturated heterocycles. The molecule has 3 aliphatic heterocycles. The molecule has 5 heteroatoms. The van der Waals surface area contributed by atoms with E-state index in [1.165, 1.54) is 45.2 Å². The SMILES string of the molecule is COc1ccc(CCC(=O)N2CCCC3=C[C@H]4C[C@@H](CN5CCCC[C@@H]45)[C@@H]32)cc1OC. The number of hydrogen-bond acceptors (Lipinski definition) is 4.